The van der Waals surface area contributed by atoms with Crippen molar-refractivity contribution in [3.05, 3.63) is 33.8 Å². The third-order valence-electron chi connectivity index (χ3n) is 3.40. The van der Waals surface area contributed by atoms with Crippen LogP contribution in [-0.4, -0.2) is 6.54 Å². The second-order valence-corrected chi connectivity index (χ2v) is 5.78. The van der Waals surface area contributed by atoms with Gasteiger partial charge in [-0.25, -0.2) is 0 Å². The molecule has 0 aliphatic heterocycles. The lowest BCUT2D eigenvalue weighted by Crippen LogP contribution is -2.23. The van der Waals surface area contributed by atoms with Crippen molar-refractivity contribution >= 4 is 15.9 Å². The molecule has 1 aromatic rings. The van der Waals surface area contributed by atoms with Crippen LogP contribution in [0.4, 0.5) is 0 Å². The number of benzene rings is 1. The summed E-state index contributed by atoms with van der Waals surface area (Å²) in [4.78, 5) is 0. The van der Waals surface area contributed by atoms with E-state index in [1.165, 1.54) is 28.4 Å². The highest BCUT2D eigenvalue weighted by molar-refractivity contribution is 9.10. The molecule has 0 saturated carbocycles. The van der Waals surface area contributed by atoms with Crippen LogP contribution in [0.1, 0.15) is 50.8 Å². The minimum Gasteiger partial charge on any atom is -0.310 e. The maximum Gasteiger partial charge on any atom is 0.0325 e. The smallest absolute Gasteiger partial charge is 0.0325 e. The van der Waals surface area contributed by atoms with Gasteiger partial charge in [0.05, 0.1) is 0 Å². The van der Waals surface area contributed by atoms with Crippen LogP contribution >= 0.6 is 15.9 Å². The highest BCUT2D eigenvalue weighted by atomic mass is 79.9. The Balaban J connectivity index is 2.91. The van der Waals surface area contributed by atoms with E-state index in [0.717, 1.165) is 12.5 Å². The molecule has 0 amide bonds. The van der Waals surface area contributed by atoms with Gasteiger partial charge in [-0.05, 0) is 49.1 Å². The molecule has 0 radical (unpaired) electrons. The van der Waals surface area contributed by atoms with Crippen molar-refractivity contribution in [3.8, 4) is 0 Å². The maximum absolute atomic E-state index is 3.61. The summed E-state index contributed by atoms with van der Waals surface area (Å²) < 4.78 is 1.17. The van der Waals surface area contributed by atoms with Gasteiger partial charge in [-0.2, -0.15) is 0 Å². The molecule has 0 heterocycles. The van der Waals surface area contributed by atoms with Crippen molar-refractivity contribution < 1.29 is 0 Å². The fourth-order valence-corrected chi connectivity index (χ4v) is 2.50. The molecule has 2 atom stereocenters. The highest BCUT2D eigenvalue weighted by Crippen LogP contribution is 2.27. The van der Waals surface area contributed by atoms with Crippen LogP contribution in [0.15, 0.2) is 22.7 Å². The second kappa shape index (κ2) is 7.17. The Morgan fingerprint density at radius 2 is 2.00 bits per heavy atom. The fraction of sp³-hybridized carbons (Fsp3) is 0.600. The molecule has 1 aromatic carbocycles. The van der Waals surface area contributed by atoms with Gasteiger partial charge in [0.2, 0.25) is 0 Å². The SMILES string of the molecule is CCNC(CC(C)CC)c1cc(Br)ccc1C. The van der Waals surface area contributed by atoms with Crippen molar-refractivity contribution in [1.29, 1.82) is 0 Å². The third kappa shape index (κ3) is 4.44. The summed E-state index contributed by atoms with van der Waals surface area (Å²) in [5.74, 6) is 0.762. The van der Waals surface area contributed by atoms with Gasteiger partial charge in [-0.15, -0.1) is 0 Å². The van der Waals surface area contributed by atoms with Crippen LogP contribution in [0.5, 0.6) is 0 Å². The Labute approximate surface area is 114 Å². The van der Waals surface area contributed by atoms with E-state index in [0.29, 0.717) is 6.04 Å². The van der Waals surface area contributed by atoms with E-state index in [9.17, 15) is 0 Å². The van der Waals surface area contributed by atoms with E-state index in [1.54, 1.807) is 0 Å². The zero-order valence-electron chi connectivity index (χ0n) is 11.4. The lowest BCUT2D eigenvalue weighted by molar-refractivity contribution is 0.407. The summed E-state index contributed by atoms with van der Waals surface area (Å²) in [6.07, 6.45) is 2.45. The molecular weight excluding hydrogens is 274 g/mol. The predicted octanol–water partition coefficient (Wildman–Crippen LogP) is 4.84. The molecule has 0 aliphatic carbocycles. The molecule has 0 fully saturated rings. The highest BCUT2D eigenvalue weighted by Gasteiger charge is 2.15. The normalized spacial score (nSPS) is 14.6. The standard InChI is InChI=1S/C15H24BrN/c1-5-11(3)9-15(17-6-2)14-10-13(16)8-7-12(14)4/h7-8,10-11,15,17H,5-6,9H2,1-4H3. The van der Waals surface area contributed by atoms with E-state index in [-0.39, 0.29) is 0 Å². The number of rotatable bonds is 6. The summed E-state index contributed by atoms with van der Waals surface area (Å²) >= 11 is 3.57. The van der Waals surface area contributed by atoms with Gasteiger partial charge in [0, 0.05) is 10.5 Å². The van der Waals surface area contributed by atoms with Crippen LogP contribution in [0.25, 0.3) is 0 Å². The summed E-state index contributed by atoms with van der Waals surface area (Å²) in [5.41, 5.74) is 2.81. The Hall–Kier alpha value is -0.340. The largest absolute Gasteiger partial charge is 0.310 e. The van der Waals surface area contributed by atoms with Gasteiger partial charge in [0.25, 0.3) is 0 Å². The molecular formula is C15H24BrN. The average Bonchev–Trinajstić information content (AvgIpc) is 2.31. The number of hydrogen-bond acceptors (Lipinski definition) is 1. The summed E-state index contributed by atoms with van der Waals surface area (Å²) in [6.45, 7) is 9.99. The molecule has 17 heavy (non-hydrogen) atoms. The first-order chi connectivity index (χ1) is 8.08. The van der Waals surface area contributed by atoms with Gasteiger partial charge in [0.15, 0.2) is 0 Å². The molecule has 0 bridgehead atoms. The van der Waals surface area contributed by atoms with Crippen LogP contribution < -0.4 is 5.32 Å². The Kier molecular flexibility index (Phi) is 6.21. The Bertz CT molecular complexity index is 349. The number of nitrogens with one attached hydrogen (secondary N) is 1. The zero-order valence-corrected chi connectivity index (χ0v) is 13.0. The molecule has 2 heteroatoms. The topological polar surface area (TPSA) is 12.0 Å². The van der Waals surface area contributed by atoms with E-state index < -0.39 is 0 Å². The van der Waals surface area contributed by atoms with Gasteiger partial charge < -0.3 is 5.32 Å². The molecule has 0 aromatic heterocycles. The maximum atomic E-state index is 3.61. The van der Waals surface area contributed by atoms with E-state index in [1.807, 2.05) is 0 Å². The van der Waals surface area contributed by atoms with Gasteiger partial charge in [-0.1, -0.05) is 49.2 Å². The van der Waals surface area contributed by atoms with Crippen molar-refractivity contribution in [3.63, 3.8) is 0 Å². The van der Waals surface area contributed by atoms with Gasteiger partial charge in [0.1, 0.15) is 0 Å². The molecule has 1 nitrogen and oxygen atoms in total. The average molecular weight is 298 g/mol. The van der Waals surface area contributed by atoms with Crippen molar-refractivity contribution in [2.75, 3.05) is 6.54 Å². The van der Waals surface area contributed by atoms with E-state index >= 15 is 0 Å². The molecule has 1 N–H and O–H groups in total. The molecule has 0 aliphatic rings. The van der Waals surface area contributed by atoms with Crippen molar-refractivity contribution in [2.45, 2.75) is 46.6 Å². The zero-order chi connectivity index (χ0) is 12.8. The summed E-state index contributed by atoms with van der Waals surface area (Å²) in [5, 5.41) is 3.61. The lowest BCUT2D eigenvalue weighted by atomic mass is 9.92. The fourth-order valence-electron chi connectivity index (χ4n) is 2.12. The summed E-state index contributed by atoms with van der Waals surface area (Å²) in [7, 11) is 0. The molecule has 0 spiro atoms. The minimum absolute atomic E-state index is 0.479. The molecule has 1 rings (SSSR count). The second-order valence-electron chi connectivity index (χ2n) is 4.86. The van der Waals surface area contributed by atoms with Crippen molar-refractivity contribution in [2.24, 2.45) is 5.92 Å². The minimum atomic E-state index is 0.479. The van der Waals surface area contributed by atoms with Crippen LogP contribution in [0.3, 0.4) is 0 Å². The third-order valence-corrected chi connectivity index (χ3v) is 3.90. The van der Waals surface area contributed by atoms with Crippen LogP contribution in [-0.2, 0) is 0 Å². The van der Waals surface area contributed by atoms with E-state index in [2.05, 4.69) is 67.1 Å². The first-order valence-corrected chi connectivity index (χ1v) is 7.37. The quantitative estimate of drug-likeness (QED) is 0.792. The molecule has 2 unspecified atom stereocenters. The Morgan fingerprint density at radius 1 is 1.29 bits per heavy atom. The number of hydrogen-bond donors (Lipinski definition) is 1. The van der Waals surface area contributed by atoms with E-state index in [4.69, 9.17) is 0 Å². The van der Waals surface area contributed by atoms with Crippen molar-refractivity contribution in [1.82, 2.24) is 5.32 Å². The lowest BCUT2D eigenvalue weighted by Gasteiger charge is -2.23. The first kappa shape index (κ1) is 14.7. The van der Waals surface area contributed by atoms with Gasteiger partial charge >= 0.3 is 0 Å². The summed E-state index contributed by atoms with van der Waals surface area (Å²) in [6, 6.07) is 7.05. The van der Waals surface area contributed by atoms with Gasteiger partial charge in [-0.3, -0.25) is 0 Å². The first-order valence-electron chi connectivity index (χ1n) is 6.57. The molecule has 96 valence electrons. The number of halogens is 1. The predicted molar refractivity (Wildman–Crippen MR) is 79.4 cm³/mol. The number of aryl methyl sites for hydroxylation is 1. The molecule has 0 saturated heterocycles. The van der Waals surface area contributed by atoms with Crippen LogP contribution in [0, 0.1) is 12.8 Å². The monoisotopic (exact) mass is 297 g/mol. The Morgan fingerprint density at radius 3 is 2.59 bits per heavy atom. The van der Waals surface area contributed by atoms with Crippen LogP contribution in [0.2, 0.25) is 0 Å².